The van der Waals surface area contributed by atoms with Gasteiger partial charge >= 0.3 is 0 Å². The van der Waals surface area contributed by atoms with Crippen molar-refractivity contribution < 1.29 is 9.59 Å². The van der Waals surface area contributed by atoms with E-state index in [1.165, 1.54) is 24.2 Å². The summed E-state index contributed by atoms with van der Waals surface area (Å²) < 4.78 is 2.04. The summed E-state index contributed by atoms with van der Waals surface area (Å²) in [4.78, 5) is 34.8. The summed E-state index contributed by atoms with van der Waals surface area (Å²) in [5.74, 6) is 0.515. The Morgan fingerprint density at radius 2 is 1.97 bits per heavy atom. The van der Waals surface area contributed by atoms with Crippen molar-refractivity contribution in [2.45, 2.75) is 38.9 Å². The minimum absolute atomic E-state index is 0.00873. The molecule has 1 aliphatic carbocycles. The molecule has 0 radical (unpaired) electrons. The van der Waals surface area contributed by atoms with E-state index in [0.717, 1.165) is 34.3 Å². The highest BCUT2D eigenvalue weighted by Crippen LogP contribution is 2.33. The Bertz CT molecular complexity index is 1410. The van der Waals surface area contributed by atoms with E-state index in [1.54, 1.807) is 17.5 Å². The van der Waals surface area contributed by atoms with Crippen LogP contribution >= 0.6 is 11.3 Å². The molecule has 2 aromatic heterocycles. The van der Waals surface area contributed by atoms with E-state index < -0.39 is 0 Å². The fourth-order valence-corrected chi connectivity index (χ4v) is 5.40. The van der Waals surface area contributed by atoms with E-state index >= 15 is 0 Å². The predicted octanol–water partition coefficient (Wildman–Crippen LogP) is 4.37. The lowest BCUT2D eigenvalue weighted by Crippen LogP contribution is -2.37. The number of rotatable bonds is 6. The number of carbonyl (C=O) groups is 2. The predicted molar refractivity (Wildman–Crippen MR) is 135 cm³/mol. The van der Waals surface area contributed by atoms with E-state index in [0.29, 0.717) is 43.2 Å². The summed E-state index contributed by atoms with van der Waals surface area (Å²) in [5.41, 5.74) is 5.77. The Kier molecular flexibility index (Phi) is 5.60. The van der Waals surface area contributed by atoms with Gasteiger partial charge in [-0.3, -0.25) is 14.3 Å². The van der Waals surface area contributed by atoms with Crippen molar-refractivity contribution in [2.24, 2.45) is 5.92 Å². The first-order valence-electron chi connectivity index (χ1n) is 12.1. The number of thiazole rings is 1. The molecule has 7 nitrogen and oxygen atoms in total. The van der Waals surface area contributed by atoms with Crippen molar-refractivity contribution in [2.75, 3.05) is 13.6 Å². The molecule has 0 unspecified atom stereocenters. The summed E-state index contributed by atoms with van der Waals surface area (Å²) in [6, 6.07) is 13.9. The molecule has 178 valence electrons. The van der Waals surface area contributed by atoms with Crippen LogP contribution in [-0.2, 0) is 26.1 Å². The van der Waals surface area contributed by atoms with Gasteiger partial charge in [-0.25, -0.2) is 4.98 Å². The number of fused-ring (bicyclic) bond motifs is 2. The van der Waals surface area contributed by atoms with Crippen molar-refractivity contribution in [3.8, 4) is 0 Å². The van der Waals surface area contributed by atoms with E-state index in [2.05, 4.69) is 4.98 Å². The second-order valence-corrected chi connectivity index (χ2v) is 10.3. The molecular weight excluding hydrogens is 458 g/mol. The largest absolute Gasteiger partial charge is 0.334 e. The summed E-state index contributed by atoms with van der Waals surface area (Å²) in [7, 11) is 1.79. The zero-order valence-electron chi connectivity index (χ0n) is 19.7. The number of benzene rings is 2. The highest BCUT2D eigenvalue weighted by atomic mass is 32.1. The molecule has 0 saturated heterocycles. The molecule has 2 amide bonds. The van der Waals surface area contributed by atoms with Crippen LogP contribution in [0.25, 0.3) is 10.8 Å². The maximum absolute atomic E-state index is 13.5. The smallest absolute Gasteiger partial charge is 0.274 e. The van der Waals surface area contributed by atoms with Crippen molar-refractivity contribution >= 4 is 33.9 Å². The molecule has 8 heteroatoms. The average Bonchev–Trinajstić information content (AvgIpc) is 3.42. The van der Waals surface area contributed by atoms with Crippen LogP contribution in [0.4, 0.5) is 0 Å². The monoisotopic (exact) mass is 485 g/mol. The number of amides is 2. The van der Waals surface area contributed by atoms with E-state index in [4.69, 9.17) is 5.10 Å². The lowest BCUT2D eigenvalue weighted by molar-refractivity contribution is 0.0721. The molecule has 3 heterocycles. The molecule has 35 heavy (non-hydrogen) atoms. The van der Waals surface area contributed by atoms with Gasteiger partial charge in [-0.05, 0) is 41.7 Å². The molecule has 6 rings (SSSR count). The average molecular weight is 486 g/mol. The van der Waals surface area contributed by atoms with Crippen molar-refractivity contribution in [3.05, 3.63) is 81.6 Å². The van der Waals surface area contributed by atoms with Gasteiger partial charge in [0.15, 0.2) is 5.69 Å². The van der Waals surface area contributed by atoms with Crippen LogP contribution in [0.2, 0.25) is 0 Å². The third kappa shape index (κ3) is 4.34. The Balaban J connectivity index is 1.29. The highest BCUT2D eigenvalue weighted by molar-refractivity contribution is 7.07. The molecule has 0 N–H and O–H groups in total. The zero-order valence-corrected chi connectivity index (χ0v) is 20.5. The first-order chi connectivity index (χ1) is 17.1. The molecule has 4 aromatic rings. The number of aromatic nitrogens is 3. The minimum atomic E-state index is -0.121. The second-order valence-electron chi connectivity index (χ2n) is 9.58. The SMILES string of the molecule is CN(Cc1cscn1)C(=O)c1nn(CC2CC2)c2c1CN(C(=O)c1ccc3ccccc3c1)CC2. The van der Waals surface area contributed by atoms with Crippen LogP contribution in [0.5, 0.6) is 0 Å². The molecule has 0 spiro atoms. The molecule has 2 aromatic carbocycles. The van der Waals surface area contributed by atoms with Crippen molar-refractivity contribution in [3.63, 3.8) is 0 Å². The van der Waals surface area contributed by atoms with Crippen LogP contribution in [-0.4, -0.2) is 50.0 Å². The van der Waals surface area contributed by atoms with E-state index in [1.807, 2.05) is 57.4 Å². The molecule has 1 fully saturated rings. The van der Waals surface area contributed by atoms with Crippen LogP contribution < -0.4 is 0 Å². The third-order valence-electron chi connectivity index (χ3n) is 6.98. The lowest BCUT2D eigenvalue weighted by Gasteiger charge is -2.28. The Hall–Kier alpha value is -3.52. The quantitative estimate of drug-likeness (QED) is 0.407. The summed E-state index contributed by atoms with van der Waals surface area (Å²) in [6.45, 7) is 2.31. The summed E-state index contributed by atoms with van der Waals surface area (Å²) in [6.07, 6.45) is 3.14. The van der Waals surface area contributed by atoms with Crippen LogP contribution in [0.1, 0.15) is 50.6 Å². The molecule has 1 aliphatic heterocycles. The van der Waals surface area contributed by atoms with Crippen molar-refractivity contribution in [1.29, 1.82) is 0 Å². The fraction of sp³-hybridized carbons (Fsp3) is 0.333. The van der Waals surface area contributed by atoms with Crippen molar-refractivity contribution in [1.82, 2.24) is 24.6 Å². The summed E-state index contributed by atoms with van der Waals surface area (Å²) in [5, 5.41) is 8.91. The number of hydrogen-bond donors (Lipinski definition) is 0. The van der Waals surface area contributed by atoms with E-state index in [-0.39, 0.29) is 11.8 Å². The van der Waals surface area contributed by atoms with Gasteiger partial charge in [-0.2, -0.15) is 5.10 Å². The van der Waals surface area contributed by atoms with Gasteiger partial charge in [0.25, 0.3) is 11.8 Å². The second kappa shape index (κ2) is 8.92. The third-order valence-corrected chi connectivity index (χ3v) is 7.61. The fourth-order valence-electron chi connectivity index (χ4n) is 4.85. The van der Waals surface area contributed by atoms with Crippen LogP contribution in [0.3, 0.4) is 0 Å². The maximum Gasteiger partial charge on any atom is 0.274 e. The summed E-state index contributed by atoms with van der Waals surface area (Å²) >= 11 is 1.52. The first kappa shape index (κ1) is 22.0. The normalized spacial score (nSPS) is 15.3. The molecular formula is C27H27N5O2S. The number of hydrogen-bond acceptors (Lipinski definition) is 5. The molecule has 0 atom stereocenters. The Morgan fingerprint density at radius 1 is 1.14 bits per heavy atom. The van der Waals surface area contributed by atoms with Gasteiger partial charge in [0.1, 0.15) is 0 Å². The zero-order chi connectivity index (χ0) is 23.9. The molecule has 1 saturated carbocycles. The van der Waals surface area contributed by atoms with Gasteiger partial charge in [0.05, 0.1) is 24.3 Å². The first-order valence-corrected chi connectivity index (χ1v) is 13.0. The minimum Gasteiger partial charge on any atom is -0.334 e. The van der Waals surface area contributed by atoms with Gasteiger partial charge in [-0.15, -0.1) is 11.3 Å². The number of nitrogens with zero attached hydrogens (tertiary/aromatic N) is 5. The number of carbonyl (C=O) groups excluding carboxylic acids is 2. The van der Waals surface area contributed by atoms with Crippen LogP contribution in [0, 0.1) is 5.92 Å². The van der Waals surface area contributed by atoms with E-state index in [9.17, 15) is 9.59 Å². The Morgan fingerprint density at radius 3 is 2.74 bits per heavy atom. The van der Waals surface area contributed by atoms with Crippen LogP contribution in [0.15, 0.2) is 53.4 Å². The van der Waals surface area contributed by atoms with Gasteiger partial charge < -0.3 is 9.80 Å². The lowest BCUT2D eigenvalue weighted by atomic mass is 10.0. The Labute approximate surface area is 208 Å². The topological polar surface area (TPSA) is 71.3 Å². The maximum atomic E-state index is 13.5. The highest BCUT2D eigenvalue weighted by Gasteiger charge is 2.33. The van der Waals surface area contributed by atoms with Gasteiger partial charge in [0, 0.05) is 48.8 Å². The molecule has 2 aliphatic rings. The van der Waals surface area contributed by atoms with Gasteiger partial charge in [0.2, 0.25) is 0 Å². The molecule has 0 bridgehead atoms. The van der Waals surface area contributed by atoms with Gasteiger partial charge in [-0.1, -0.05) is 30.3 Å². The standard InChI is InChI=1S/C27H27N5O2S/c1-30(14-22-16-35-17-28-22)27(34)25-23-15-31(11-10-24(23)32(29-25)13-18-6-7-18)26(33)21-9-8-19-4-2-3-5-20(19)12-21/h2-5,8-9,12,16-18H,6-7,10-11,13-15H2,1H3.